The van der Waals surface area contributed by atoms with Gasteiger partial charge in [-0.3, -0.25) is 0 Å². The van der Waals surface area contributed by atoms with Crippen molar-refractivity contribution in [3.63, 3.8) is 0 Å². The molecule has 2 heteroatoms. The molecule has 0 atom stereocenters. The van der Waals surface area contributed by atoms with E-state index in [1.165, 1.54) is 11.1 Å². The van der Waals surface area contributed by atoms with Crippen molar-refractivity contribution in [1.29, 1.82) is 0 Å². The van der Waals surface area contributed by atoms with E-state index in [-0.39, 0.29) is 5.41 Å². The molecular weight excluding hydrogens is 264 g/mol. The third kappa shape index (κ3) is 2.79. The van der Waals surface area contributed by atoms with Crippen LogP contribution in [-0.4, -0.2) is 12.4 Å². The van der Waals surface area contributed by atoms with Crippen molar-refractivity contribution in [2.24, 2.45) is 0 Å². The zero-order valence-electron chi connectivity index (χ0n) is 10.8. The first-order chi connectivity index (χ1) is 7.42. The Morgan fingerprint density at radius 3 is 2.38 bits per heavy atom. The van der Waals surface area contributed by atoms with E-state index in [4.69, 9.17) is 4.74 Å². The molecule has 0 saturated carbocycles. The van der Waals surface area contributed by atoms with E-state index in [2.05, 4.69) is 61.8 Å². The molecule has 0 unspecified atom stereocenters. The van der Waals surface area contributed by atoms with Crippen molar-refractivity contribution in [1.82, 2.24) is 0 Å². The second kappa shape index (κ2) is 5.22. The molecule has 0 saturated heterocycles. The third-order valence-corrected chi connectivity index (χ3v) is 4.36. The lowest BCUT2D eigenvalue weighted by molar-refractivity contribution is 0.398. The van der Waals surface area contributed by atoms with Crippen LogP contribution < -0.4 is 4.74 Å². The van der Waals surface area contributed by atoms with Crippen LogP contribution in [0.1, 0.15) is 44.7 Å². The molecule has 1 aromatic rings. The van der Waals surface area contributed by atoms with Crippen LogP contribution in [-0.2, 0) is 5.41 Å². The fraction of sp³-hybridized carbons (Fsp3) is 0.571. The summed E-state index contributed by atoms with van der Waals surface area (Å²) in [4.78, 5) is 0. The lowest BCUT2D eigenvalue weighted by Gasteiger charge is -2.26. The quantitative estimate of drug-likeness (QED) is 0.740. The van der Waals surface area contributed by atoms with E-state index >= 15 is 0 Å². The molecule has 0 heterocycles. The van der Waals surface area contributed by atoms with Gasteiger partial charge in [-0.05, 0) is 17.5 Å². The SMILES string of the molecule is COc1ccc(C(C)C)cc1C(C)(C)CBr. The zero-order valence-corrected chi connectivity index (χ0v) is 12.4. The summed E-state index contributed by atoms with van der Waals surface area (Å²) in [6, 6.07) is 6.50. The molecule has 0 aliphatic heterocycles. The van der Waals surface area contributed by atoms with Crippen LogP contribution in [0.4, 0.5) is 0 Å². The predicted octanol–water partition coefficient (Wildman–Crippen LogP) is 4.49. The normalized spacial score (nSPS) is 11.9. The maximum atomic E-state index is 5.45. The standard InChI is InChI=1S/C14H21BrO/c1-10(2)11-6-7-13(16-5)12(8-11)14(3,4)9-15/h6-8,10H,9H2,1-5H3. The van der Waals surface area contributed by atoms with Gasteiger partial charge in [-0.25, -0.2) is 0 Å². The maximum Gasteiger partial charge on any atom is 0.122 e. The highest BCUT2D eigenvalue weighted by Gasteiger charge is 2.23. The van der Waals surface area contributed by atoms with Crippen LogP contribution in [0.15, 0.2) is 18.2 Å². The number of alkyl halides is 1. The van der Waals surface area contributed by atoms with Gasteiger partial charge in [0.15, 0.2) is 0 Å². The van der Waals surface area contributed by atoms with E-state index in [1.54, 1.807) is 7.11 Å². The Labute approximate surface area is 107 Å². The van der Waals surface area contributed by atoms with E-state index in [0.29, 0.717) is 5.92 Å². The van der Waals surface area contributed by atoms with Gasteiger partial charge in [0.2, 0.25) is 0 Å². The molecule has 1 nitrogen and oxygen atoms in total. The van der Waals surface area contributed by atoms with Crippen LogP contribution in [0.3, 0.4) is 0 Å². The number of methoxy groups -OCH3 is 1. The smallest absolute Gasteiger partial charge is 0.122 e. The Hall–Kier alpha value is -0.500. The zero-order chi connectivity index (χ0) is 12.3. The Morgan fingerprint density at radius 2 is 1.94 bits per heavy atom. The fourth-order valence-corrected chi connectivity index (χ4v) is 1.99. The molecule has 0 radical (unpaired) electrons. The molecule has 0 N–H and O–H groups in total. The van der Waals surface area contributed by atoms with Crippen LogP contribution >= 0.6 is 15.9 Å². The minimum atomic E-state index is 0.0935. The van der Waals surface area contributed by atoms with Crippen molar-refractivity contribution in [2.75, 3.05) is 12.4 Å². The topological polar surface area (TPSA) is 9.23 Å². The van der Waals surface area contributed by atoms with E-state index in [0.717, 1.165) is 11.1 Å². The monoisotopic (exact) mass is 284 g/mol. The van der Waals surface area contributed by atoms with Crippen LogP contribution in [0.5, 0.6) is 5.75 Å². The lowest BCUT2D eigenvalue weighted by atomic mass is 9.84. The van der Waals surface area contributed by atoms with Crippen molar-refractivity contribution < 1.29 is 4.74 Å². The van der Waals surface area contributed by atoms with E-state index in [9.17, 15) is 0 Å². The molecule has 0 spiro atoms. The van der Waals surface area contributed by atoms with Gasteiger partial charge in [-0.2, -0.15) is 0 Å². The second-order valence-electron chi connectivity index (χ2n) is 5.13. The van der Waals surface area contributed by atoms with Crippen molar-refractivity contribution in [2.45, 2.75) is 39.0 Å². The average molecular weight is 285 g/mol. The number of halogens is 1. The number of hydrogen-bond donors (Lipinski definition) is 0. The van der Waals surface area contributed by atoms with Crippen molar-refractivity contribution in [3.05, 3.63) is 29.3 Å². The van der Waals surface area contributed by atoms with Gasteiger partial charge in [0.25, 0.3) is 0 Å². The Kier molecular flexibility index (Phi) is 4.43. The molecule has 0 amide bonds. The second-order valence-corrected chi connectivity index (χ2v) is 5.69. The first-order valence-corrected chi connectivity index (χ1v) is 6.79. The average Bonchev–Trinajstić information content (AvgIpc) is 2.28. The summed E-state index contributed by atoms with van der Waals surface area (Å²) in [5, 5.41) is 0.928. The van der Waals surface area contributed by atoms with Gasteiger partial charge in [0.1, 0.15) is 5.75 Å². The van der Waals surface area contributed by atoms with Gasteiger partial charge in [0, 0.05) is 16.3 Å². The molecule has 0 aliphatic carbocycles. The summed E-state index contributed by atoms with van der Waals surface area (Å²) in [6.07, 6.45) is 0. The highest BCUT2D eigenvalue weighted by molar-refractivity contribution is 9.09. The highest BCUT2D eigenvalue weighted by atomic mass is 79.9. The van der Waals surface area contributed by atoms with Gasteiger partial charge in [-0.15, -0.1) is 0 Å². The third-order valence-electron chi connectivity index (χ3n) is 2.95. The van der Waals surface area contributed by atoms with Gasteiger partial charge < -0.3 is 4.74 Å². The number of hydrogen-bond acceptors (Lipinski definition) is 1. The predicted molar refractivity (Wildman–Crippen MR) is 73.9 cm³/mol. The first kappa shape index (κ1) is 13.6. The molecule has 0 fully saturated rings. The minimum Gasteiger partial charge on any atom is -0.496 e. The van der Waals surface area contributed by atoms with Crippen LogP contribution in [0.25, 0.3) is 0 Å². The Morgan fingerprint density at radius 1 is 1.31 bits per heavy atom. The summed E-state index contributed by atoms with van der Waals surface area (Å²) in [7, 11) is 1.73. The molecule has 0 aliphatic rings. The molecular formula is C14H21BrO. The lowest BCUT2D eigenvalue weighted by Crippen LogP contribution is -2.20. The number of rotatable bonds is 4. The number of ether oxygens (including phenoxy) is 1. The summed E-state index contributed by atoms with van der Waals surface area (Å²) in [5.41, 5.74) is 2.74. The van der Waals surface area contributed by atoms with Gasteiger partial charge in [0.05, 0.1) is 7.11 Å². The molecule has 0 bridgehead atoms. The Bertz CT molecular complexity index is 356. The van der Waals surface area contributed by atoms with Crippen LogP contribution in [0.2, 0.25) is 0 Å². The molecule has 16 heavy (non-hydrogen) atoms. The molecule has 1 aromatic carbocycles. The van der Waals surface area contributed by atoms with Gasteiger partial charge in [-0.1, -0.05) is 55.8 Å². The Balaban J connectivity index is 3.27. The number of benzene rings is 1. The molecule has 90 valence electrons. The van der Waals surface area contributed by atoms with Crippen molar-refractivity contribution in [3.8, 4) is 5.75 Å². The van der Waals surface area contributed by atoms with Gasteiger partial charge >= 0.3 is 0 Å². The van der Waals surface area contributed by atoms with E-state index in [1.807, 2.05) is 0 Å². The first-order valence-electron chi connectivity index (χ1n) is 5.66. The summed E-state index contributed by atoms with van der Waals surface area (Å²) >= 11 is 3.58. The summed E-state index contributed by atoms with van der Waals surface area (Å²) in [5.74, 6) is 1.53. The summed E-state index contributed by atoms with van der Waals surface area (Å²) < 4.78 is 5.45. The largest absolute Gasteiger partial charge is 0.496 e. The fourth-order valence-electron chi connectivity index (χ4n) is 1.69. The summed E-state index contributed by atoms with van der Waals surface area (Å²) in [6.45, 7) is 8.88. The highest BCUT2D eigenvalue weighted by Crippen LogP contribution is 2.35. The van der Waals surface area contributed by atoms with Crippen molar-refractivity contribution >= 4 is 15.9 Å². The maximum absolute atomic E-state index is 5.45. The minimum absolute atomic E-state index is 0.0935. The molecule has 0 aromatic heterocycles. The van der Waals surface area contributed by atoms with Crippen LogP contribution in [0, 0.1) is 0 Å². The van der Waals surface area contributed by atoms with E-state index < -0.39 is 0 Å². The molecule has 1 rings (SSSR count).